The number of hydrogen-bond acceptors (Lipinski definition) is 8. The Morgan fingerprint density at radius 3 is 2.67 bits per heavy atom. The van der Waals surface area contributed by atoms with Crippen molar-refractivity contribution in [3.05, 3.63) is 71.4 Å². The molecule has 0 spiro atoms. The summed E-state index contributed by atoms with van der Waals surface area (Å²) in [5.74, 6) is 0.0545. The van der Waals surface area contributed by atoms with E-state index in [2.05, 4.69) is 20.5 Å². The molecule has 1 N–H and O–H groups in total. The Bertz CT molecular complexity index is 1270. The van der Waals surface area contributed by atoms with E-state index in [-0.39, 0.29) is 18.3 Å². The zero-order valence-corrected chi connectivity index (χ0v) is 19.7. The largest absolute Gasteiger partial charge is 0.462 e. The maximum atomic E-state index is 12.7. The van der Waals surface area contributed by atoms with E-state index in [4.69, 9.17) is 4.74 Å². The Kier molecular flexibility index (Phi) is 7.16. The van der Waals surface area contributed by atoms with Gasteiger partial charge in [-0.3, -0.25) is 14.3 Å². The first-order valence-electron chi connectivity index (χ1n) is 10.2. The topological polar surface area (TPSA) is 99.0 Å². The van der Waals surface area contributed by atoms with Crippen LogP contribution in [0, 0.1) is 6.92 Å². The first-order valence-corrected chi connectivity index (χ1v) is 12.0. The van der Waals surface area contributed by atoms with Crippen LogP contribution in [0.4, 0.5) is 5.00 Å². The molecule has 4 rings (SSSR count). The van der Waals surface area contributed by atoms with Crippen LogP contribution in [-0.2, 0) is 9.53 Å². The van der Waals surface area contributed by atoms with E-state index in [1.807, 2.05) is 47.9 Å². The molecule has 8 nitrogen and oxygen atoms in total. The quantitative estimate of drug-likeness (QED) is 0.291. The Hall–Kier alpha value is -3.50. The van der Waals surface area contributed by atoms with Crippen LogP contribution in [0.3, 0.4) is 0 Å². The molecule has 1 aromatic carbocycles. The maximum absolute atomic E-state index is 12.7. The van der Waals surface area contributed by atoms with Gasteiger partial charge in [-0.25, -0.2) is 4.79 Å². The molecular weight excluding hydrogens is 458 g/mol. The van der Waals surface area contributed by atoms with Crippen LogP contribution in [0.5, 0.6) is 0 Å². The number of para-hydroxylation sites is 1. The van der Waals surface area contributed by atoms with Crippen molar-refractivity contribution < 1.29 is 14.3 Å². The van der Waals surface area contributed by atoms with Crippen LogP contribution in [0.15, 0.2) is 65.4 Å². The van der Waals surface area contributed by atoms with E-state index >= 15 is 0 Å². The summed E-state index contributed by atoms with van der Waals surface area (Å²) in [5.41, 5.74) is 3.20. The first kappa shape index (κ1) is 22.7. The van der Waals surface area contributed by atoms with Gasteiger partial charge in [0.25, 0.3) is 0 Å². The van der Waals surface area contributed by atoms with Crippen LogP contribution in [0.1, 0.15) is 22.8 Å². The number of thiophene rings is 1. The Morgan fingerprint density at radius 2 is 1.91 bits per heavy atom. The number of thioether (sulfide) groups is 1. The van der Waals surface area contributed by atoms with Gasteiger partial charge < -0.3 is 10.1 Å². The SMILES string of the molecule is CCOC(=O)c1ccsc1NC(=O)CSc1nnc(-c2ccncc2)n1-c1ccccc1C. The standard InChI is InChI=1S/C23H21N5O3S2/c1-3-31-22(30)17-10-13-32-21(17)25-19(29)14-33-23-27-26-20(16-8-11-24-12-9-16)28(23)18-7-5-4-6-15(18)2/h4-13H,3,14H2,1-2H3,(H,25,29). The number of ether oxygens (including phenoxy) is 1. The number of rotatable bonds is 8. The highest BCUT2D eigenvalue weighted by Gasteiger charge is 2.20. The normalized spacial score (nSPS) is 10.7. The summed E-state index contributed by atoms with van der Waals surface area (Å²) >= 11 is 2.55. The number of nitrogens with one attached hydrogen (secondary N) is 1. The van der Waals surface area contributed by atoms with Crippen molar-refractivity contribution in [1.82, 2.24) is 19.7 Å². The van der Waals surface area contributed by atoms with Crippen molar-refractivity contribution in [1.29, 1.82) is 0 Å². The zero-order chi connectivity index (χ0) is 23.2. The number of nitrogens with zero attached hydrogens (tertiary/aromatic N) is 4. The molecular formula is C23H21N5O3S2. The molecule has 168 valence electrons. The molecule has 0 fully saturated rings. The minimum Gasteiger partial charge on any atom is -0.462 e. The fourth-order valence-corrected chi connectivity index (χ4v) is 4.69. The van der Waals surface area contributed by atoms with Gasteiger partial charge in [0.1, 0.15) is 5.00 Å². The summed E-state index contributed by atoms with van der Waals surface area (Å²) in [7, 11) is 0. The Morgan fingerprint density at radius 1 is 1.12 bits per heavy atom. The van der Waals surface area contributed by atoms with E-state index in [9.17, 15) is 9.59 Å². The number of benzene rings is 1. The molecule has 0 unspecified atom stereocenters. The van der Waals surface area contributed by atoms with Crippen molar-refractivity contribution in [3.8, 4) is 17.1 Å². The molecule has 0 saturated carbocycles. The number of aromatic nitrogens is 4. The summed E-state index contributed by atoms with van der Waals surface area (Å²) in [6.07, 6.45) is 3.41. The molecule has 0 bridgehead atoms. The average Bonchev–Trinajstić information content (AvgIpc) is 3.46. The smallest absolute Gasteiger partial charge is 0.341 e. The lowest BCUT2D eigenvalue weighted by molar-refractivity contribution is -0.113. The number of amides is 1. The summed E-state index contributed by atoms with van der Waals surface area (Å²) < 4.78 is 6.99. The van der Waals surface area contributed by atoms with Crippen molar-refractivity contribution in [3.63, 3.8) is 0 Å². The van der Waals surface area contributed by atoms with Crippen LogP contribution < -0.4 is 5.32 Å². The van der Waals surface area contributed by atoms with E-state index in [1.54, 1.807) is 30.8 Å². The summed E-state index contributed by atoms with van der Waals surface area (Å²) in [5, 5.41) is 14.3. The lowest BCUT2D eigenvalue weighted by Gasteiger charge is -2.13. The number of anilines is 1. The van der Waals surface area contributed by atoms with Gasteiger partial charge in [0.2, 0.25) is 5.91 Å². The van der Waals surface area contributed by atoms with Crippen molar-refractivity contribution in [2.45, 2.75) is 19.0 Å². The van der Waals surface area contributed by atoms with Gasteiger partial charge in [-0.15, -0.1) is 21.5 Å². The van der Waals surface area contributed by atoms with Gasteiger partial charge in [0, 0.05) is 18.0 Å². The highest BCUT2D eigenvalue weighted by atomic mass is 32.2. The second kappa shape index (κ2) is 10.4. The molecule has 33 heavy (non-hydrogen) atoms. The molecule has 0 radical (unpaired) electrons. The monoisotopic (exact) mass is 479 g/mol. The lowest BCUT2D eigenvalue weighted by Crippen LogP contribution is -2.16. The molecule has 3 heterocycles. The van der Waals surface area contributed by atoms with E-state index in [0.29, 0.717) is 21.5 Å². The average molecular weight is 480 g/mol. The number of carbonyl (C=O) groups excluding carboxylic acids is 2. The van der Waals surface area contributed by atoms with E-state index in [0.717, 1.165) is 16.8 Å². The molecule has 10 heteroatoms. The van der Waals surface area contributed by atoms with Crippen LogP contribution >= 0.6 is 23.1 Å². The number of hydrogen-bond donors (Lipinski definition) is 1. The van der Waals surface area contributed by atoms with Crippen molar-refractivity contribution >= 4 is 40.0 Å². The van der Waals surface area contributed by atoms with Gasteiger partial charge in [-0.2, -0.15) is 0 Å². The van der Waals surface area contributed by atoms with Gasteiger partial charge in [-0.1, -0.05) is 30.0 Å². The molecule has 3 aromatic heterocycles. The number of aryl methyl sites for hydroxylation is 1. The molecule has 1 amide bonds. The second-order valence-corrected chi connectivity index (χ2v) is 8.74. The molecule has 0 aliphatic rings. The van der Waals surface area contributed by atoms with Crippen LogP contribution in [0.25, 0.3) is 17.1 Å². The van der Waals surface area contributed by atoms with Crippen LogP contribution in [0.2, 0.25) is 0 Å². The molecule has 0 saturated heterocycles. The first-order chi connectivity index (χ1) is 16.1. The highest BCUT2D eigenvalue weighted by Crippen LogP contribution is 2.30. The fraction of sp³-hybridized carbons (Fsp3) is 0.174. The highest BCUT2D eigenvalue weighted by molar-refractivity contribution is 7.99. The van der Waals surface area contributed by atoms with Crippen LogP contribution in [-0.4, -0.2) is 44.0 Å². The van der Waals surface area contributed by atoms with Crippen molar-refractivity contribution in [2.24, 2.45) is 0 Å². The van der Waals surface area contributed by atoms with Gasteiger partial charge in [0.15, 0.2) is 11.0 Å². The number of carbonyl (C=O) groups is 2. The molecule has 0 aliphatic carbocycles. The van der Waals surface area contributed by atoms with Gasteiger partial charge in [-0.05, 0) is 49.1 Å². The Balaban J connectivity index is 1.56. The minimum absolute atomic E-state index is 0.0977. The summed E-state index contributed by atoms with van der Waals surface area (Å²) in [4.78, 5) is 28.8. The second-order valence-electron chi connectivity index (χ2n) is 6.88. The van der Waals surface area contributed by atoms with Crippen molar-refractivity contribution in [2.75, 3.05) is 17.7 Å². The zero-order valence-electron chi connectivity index (χ0n) is 18.0. The van der Waals surface area contributed by atoms with Gasteiger partial charge in [0.05, 0.1) is 23.6 Å². The Labute approximate surface area is 199 Å². The minimum atomic E-state index is -0.456. The third-order valence-corrected chi connectivity index (χ3v) is 6.43. The number of pyridine rings is 1. The predicted octanol–water partition coefficient (Wildman–Crippen LogP) is 4.61. The lowest BCUT2D eigenvalue weighted by atomic mass is 10.2. The summed E-state index contributed by atoms with van der Waals surface area (Å²) in [6, 6.07) is 13.3. The van der Waals surface area contributed by atoms with E-state index in [1.165, 1.54) is 23.1 Å². The third kappa shape index (κ3) is 5.12. The van der Waals surface area contributed by atoms with E-state index < -0.39 is 5.97 Å². The summed E-state index contributed by atoms with van der Waals surface area (Å²) in [6.45, 7) is 4.02. The third-order valence-electron chi connectivity index (χ3n) is 4.67. The number of esters is 1. The molecule has 0 atom stereocenters. The predicted molar refractivity (Wildman–Crippen MR) is 129 cm³/mol. The van der Waals surface area contributed by atoms with Gasteiger partial charge >= 0.3 is 5.97 Å². The molecule has 4 aromatic rings. The fourth-order valence-electron chi connectivity index (χ4n) is 3.15. The maximum Gasteiger partial charge on any atom is 0.341 e. The molecule has 0 aliphatic heterocycles.